The van der Waals surface area contributed by atoms with Gasteiger partial charge in [0.05, 0.1) is 0 Å². The van der Waals surface area contributed by atoms with Crippen LogP contribution in [0.1, 0.15) is 12.0 Å². The summed E-state index contributed by atoms with van der Waals surface area (Å²) in [5.74, 6) is 0.0924. The number of rotatable bonds is 5. The van der Waals surface area contributed by atoms with E-state index in [0.717, 1.165) is 23.8 Å². The van der Waals surface area contributed by atoms with E-state index in [-0.39, 0.29) is 0 Å². The van der Waals surface area contributed by atoms with Crippen molar-refractivity contribution >= 4 is 11.8 Å². The first-order valence-electron chi connectivity index (χ1n) is 4.46. The fraction of sp³-hybridized carbons (Fsp3) is 0.400. The maximum Gasteiger partial charge on any atom is 0.159 e. The number of halogens is 2. The fourth-order valence-corrected chi connectivity index (χ4v) is 1.94. The van der Waals surface area contributed by atoms with E-state index < -0.39 is 11.6 Å². The quantitative estimate of drug-likeness (QED) is 0.767. The molecule has 1 nitrogen and oxygen atoms in total. The highest BCUT2D eigenvalue weighted by Gasteiger charge is 2.01. The average Bonchev–Trinajstić information content (AvgIpc) is 2.18. The van der Waals surface area contributed by atoms with Crippen LogP contribution >= 0.6 is 11.8 Å². The molecule has 0 fully saturated rings. The molecule has 0 aromatic heterocycles. The second kappa shape index (κ2) is 5.98. The monoisotopic (exact) mass is 217 g/mol. The predicted molar refractivity (Wildman–Crippen MR) is 56.2 cm³/mol. The molecule has 0 aliphatic carbocycles. The van der Waals surface area contributed by atoms with E-state index in [0.29, 0.717) is 12.3 Å². The minimum Gasteiger partial charge on any atom is -0.330 e. The maximum atomic E-state index is 12.8. The molecule has 1 rings (SSSR count). The van der Waals surface area contributed by atoms with Crippen LogP contribution in [0, 0.1) is 11.6 Å². The zero-order valence-corrected chi connectivity index (χ0v) is 8.62. The first-order valence-corrected chi connectivity index (χ1v) is 5.61. The normalized spacial score (nSPS) is 10.5. The third-order valence-corrected chi connectivity index (χ3v) is 2.86. The highest BCUT2D eigenvalue weighted by molar-refractivity contribution is 7.98. The van der Waals surface area contributed by atoms with Crippen LogP contribution in [0.5, 0.6) is 0 Å². The van der Waals surface area contributed by atoms with Gasteiger partial charge in [-0.05, 0) is 36.4 Å². The lowest BCUT2D eigenvalue weighted by Crippen LogP contribution is -1.99. The van der Waals surface area contributed by atoms with Crippen LogP contribution in [-0.4, -0.2) is 12.3 Å². The Labute approximate surface area is 86.7 Å². The van der Waals surface area contributed by atoms with E-state index in [1.807, 2.05) is 0 Å². The fourth-order valence-electron chi connectivity index (χ4n) is 1.00. The molecule has 0 spiro atoms. The van der Waals surface area contributed by atoms with Gasteiger partial charge in [0.25, 0.3) is 0 Å². The molecular weight excluding hydrogens is 204 g/mol. The smallest absolute Gasteiger partial charge is 0.159 e. The summed E-state index contributed by atoms with van der Waals surface area (Å²) in [5, 5.41) is 0. The van der Waals surface area contributed by atoms with Gasteiger partial charge in [0.1, 0.15) is 0 Å². The lowest BCUT2D eigenvalue weighted by atomic mass is 10.2. The van der Waals surface area contributed by atoms with Crippen molar-refractivity contribution in [3.8, 4) is 0 Å². The Bertz CT molecular complexity index is 291. The minimum absolute atomic E-state index is 0.671. The summed E-state index contributed by atoms with van der Waals surface area (Å²) in [6.07, 6.45) is 0.953. The van der Waals surface area contributed by atoms with Gasteiger partial charge in [0.2, 0.25) is 0 Å². The largest absolute Gasteiger partial charge is 0.330 e. The van der Waals surface area contributed by atoms with Crippen LogP contribution in [0.3, 0.4) is 0 Å². The molecule has 4 heteroatoms. The molecule has 0 amide bonds. The summed E-state index contributed by atoms with van der Waals surface area (Å²) in [7, 11) is 0. The van der Waals surface area contributed by atoms with E-state index in [1.165, 1.54) is 6.07 Å². The summed E-state index contributed by atoms with van der Waals surface area (Å²) in [5.41, 5.74) is 6.14. The van der Waals surface area contributed by atoms with E-state index in [9.17, 15) is 8.78 Å². The number of hydrogen-bond donors (Lipinski definition) is 1. The van der Waals surface area contributed by atoms with Crippen LogP contribution in [-0.2, 0) is 5.75 Å². The van der Waals surface area contributed by atoms with Crippen molar-refractivity contribution in [1.82, 2.24) is 0 Å². The zero-order valence-electron chi connectivity index (χ0n) is 7.80. The summed E-state index contributed by atoms with van der Waals surface area (Å²) < 4.78 is 25.3. The van der Waals surface area contributed by atoms with Gasteiger partial charge in [0, 0.05) is 5.75 Å². The first kappa shape index (κ1) is 11.5. The minimum atomic E-state index is -0.791. The molecule has 1 aromatic carbocycles. The molecule has 0 bridgehead atoms. The lowest BCUT2D eigenvalue weighted by molar-refractivity contribution is 0.507. The molecule has 0 saturated carbocycles. The van der Waals surface area contributed by atoms with Crippen molar-refractivity contribution in [1.29, 1.82) is 0 Å². The Morgan fingerprint density at radius 2 is 2.00 bits per heavy atom. The predicted octanol–water partition coefficient (Wildman–Crippen LogP) is 2.55. The van der Waals surface area contributed by atoms with Gasteiger partial charge < -0.3 is 5.73 Å². The van der Waals surface area contributed by atoms with Crippen molar-refractivity contribution in [3.05, 3.63) is 35.4 Å². The third kappa shape index (κ3) is 3.64. The van der Waals surface area contributed by atoms with Crippen LogP contribution in [0.4, 0.5) is 8.78 Å². The Morgan fingerprint density at radius 1 is 1.21 bits per heavy atom. The maximum absolute atomic E-state index is 12.8. The van der Waals surface area contributed by atoms with Crippen molar-refractivity contribution in [2.24, 2.45) is 5.73 Å². The van der Waals surface area contributed by atoms with Gasteiger partial charge in [-0.2, -0.15) is 11.8 Å². The SMILES string of the molecule is NCCCSCc1ccc(F)c(F)c1. The summed E-state index contributed by atoms with van der Waals surface area (Å²) >= 11 is 1.68. The molecule has 0 saturated heterocycles. The second-order valence-corrected chi connectivity index (χ2v) is 4.05. The van der Waals surface area contributed by atoms with Crippen LogP contribution in [0.15, 0.2) is 18.2 Å². The van der Waals surface area contributed by atoms with E-state index in [2.05, 4.69) is 0 Å². The number of hydrogen-bond acceptors (Lipinski definition) is 2. The summed E-state index contributed by atoms with van der Waals surface area (Å²) in [4.78, 5) is 0. The standard InChI is InChI=1S/C10H13F2NS/c11-9-3-2-8(6-10(9)12)7-14-5-1-4-13/h2-3,6H,1,4-5,7,13H2. The average molecular weight is 217 g/mol. The first-order chi connectivity index (χ1) is 6.74. The van der Waals surface area contributed by atoms with Gasteiger partial charge in [-0.15, -0.1) is 0 Å². The van der Waals surface area contributed by atoms with Crippen molar-refractivity contribution in [2.75, 3.05) is 12.3 Å². The Hall–Kier alpha value is -0.610. The van der Waals surface area contributed by atoms with Gasteiger partial charge in [-0.25, -0.2) is 8.78 Å². The highest BCUT2D eigenvalue weighted by atomic mass is 32.2. The van der Waals surface area contributed by atoms with Crippen molar-refractivity contribution in [2.45, 2.75) is 12.2 Å². The number of thioether (sulfide) groups is 1. The summed E-state index contributed by atoms with van der Waals surface area (Å²) in [6, 6.07) is 4.01. The lowest BCUT2D eigenvalue weighted by Gasteiger charge is -2.01. The van der Waals surface area contributed by atoms with E-state index in [1.54, 1.807) is 17.8 Å². The Kier molecular flexibility index (Phi) is 4.90. The van der Waals surface area contributed by atoms with Gasteiger partial charge in [-0.1, -0.05) is 6.07 Å². The van der Waals surface area contributed by atoms with E-state index in [4.69, 9.17) is 5.73 Å². The number of nitrogens with two attached hydrogens (primary N) is 1. The molecule has 0 radical (unpaired) electrons. The zero-order chi connectivity index (χ0) is 10.4. The molecule has 0 aliphatic rings. The molecule has 0 heterocycles. The molecule has 0 unspecified atom stereocenters. The van der Waals surface area contributed by atoms with Gasteiger partial charge in [-0.3, -0.25) is 0 Å². The second-order valence-electron chi connectivity index (χ2n) is 2.94. The van der Waals surface area contributed by atoms with Crippen molar-refractivity contribution in [3.63, 3.8) is 0 Å². The molecule has 14 heavy (non-hydrogen) atoms. The molecule has 1 aromatic rings. The Morgan fingerprint density at radius 3 is 2.64 bits per heavy atom. The van der Waals surface area contributed by atoms with E-state index >= 15 is 0 Å². The third-order valence-electron chi connectivity index (χ3n) is 1.75. The molecular formula is C10H13F2NS. The highest BCUT2D eigenvalue weighted by Crippen LogP contribution is 2.15. The molecule has 0 aliphatic heterocycles. The topological polar surface area (TPSA) is 26.0 Å². The van der Waals surface area contributed by atoms with Gasteiger partial charge in [0.15, 0.2) is 11.6 Å². The van der Waals surface area contributed by atoms with Crippen LogP contribution < -0.4 is 5.73 Å². The molecule has 2 N–H and O–H groups in total. The summed E-state index contributed by atoms with van der Waals surface area (Å²) in [6.45, 7) is 0.671. The number of benzene rings is 1. The molecule has 78 valence electrons. The van der Waals surface area contributed by atoms with Crippen molar-refractivity contribution < 1.29 is 8.78 Å². The van der Waals surface area contributed by atoms with Crippen LogP contribution in [0.2, 0.25) is 0 Å². The van der Waals surface area contributed by atoms with Crippen LogP contribution in [0.25, 0.3) is 0 Å². The Balaban J connectivity index is 2.39. The van der Waals surface area contributed by atoms with Gasteiger partial charge >= 0.3 is 0 Å². The molecule has 0 atom stereocenters.